The molecule has 0 N–H and O–H groups in total. The maximum Gasteiger partial charge on any atom is 0.0465 e. The molecule has 0 aromatic heterocycles. The molecule has 0 aliphatic heterocycles. The lowest BCUT2D eigenvalue weighted by Gasteiger charge is -2.29. The zero-order valence-electron chi connectivity index (χ0n) is 32.1. The van der Waals surface area contributed by atoms with Crippen LogP contribution in [0.25, 0.3) is 50.1 Å². The van der Waals surface area contributed by atoms with Gasteiger partial charge in [-0.3, -0.25) is 0 Å². The number of allylic oxidation sites excluding steroid dienone is 4. The molecule has 1 heteroatoms. The van der Waals surface area contributed by atoms with E-state index in [-0.39, 0.29) is 10.8 Å². The van der Waals surface area contributed by atoms with Crippen molar-refractivity contribution in [1.29, 1.82) is 0 Å². The van der Waals surface area contributed by atoms with Crippen LogP contribution in [0.15, 0.2) is 189 Å². The smallest absolute Gasteiger partial charge is 0.0465 e. The molecule has 9 rings (SSSR count). The summed E-state index contributed by atoms with van der Waals surface area (Å²) >= 11 is 0. The van der Waals surface area contributed by atoms with Crippen molar-refractivity contribution >= 4 is 22.6 Å². The normalized spacial score (nSPS) is 14.4. The highest BCUT2D eigenvalue weighted by Crippen LogP contribution is 2.58. The van der Waals surface area contributed by atoms with Gasteiger partial charge in [0.05, 0.1) is 0 Å². The Hall–Kier alpha value is -6.44. The molecule has 2 aliphatic carbocycles. The lowest BCUT2D eigenvalue weighted by molar-refractivity contribution is 0.639. The fourth-order valence-electron chi connectivity index (χ4n) is 9.09. The molecule has 0 unspecified atom stereocenters. The van der Waals surface area contributed by atoms with Crippen molar-refractivity contribution in [3.63, 3.8) is 0 Å². The first kappa shape index (κ1) is 34.3. The van der Waals surface area contributed by atoms with Crippen LogP contribution in [0.5, 0.6) is 0 Å². The average molecular weight is 708 g/mol. The minimum Gasteiger partial charge on any atom is -0.310 e. The van der Waals surface area contributed by atoms with E-state index >= 15 is 0 Å². The number of fused-ring (bicyclic) bond motifs is 6. The van der Waals surface area contributed by atoms with E-state index < -0.39 is 0 Å². The van der Waals surface area contributed by atoms with Crippen molar-refractivity contribution in [3.05, 3.63) is 217 Å². The van der Waals surface area contributed by atoms with E-state index in [4.69, 9.17) is 0 Å². The molecular formula is C54H45N. The molecule has 0 saturated heterocycles. The fraction of sp³-hybridized carbons (Fsp3) is 0.111. The summed E-state index contributed by atoms with van der Waals surface area (Å²) < 4.78 is 0. The first-order valence-corrected chi connectivity index (χ1v) is 19.2. The van der Waals surface area contributed by atoms with Crippen LogP contribution in [-0.4, -0.2) is 0 Å². The highest BCUT2D eigenvalue weighted by Gasteiger charge is 2.42. The lowest BCUT2D eigenvalue weighted by Crippen LogP contribution is -2.19. The topological polar surface area (TPSA) is 3.24 Å². The molecule has 266 valence electrons. The fourth-order valence-corrected chi connectivity index (χ4v) is 9.09. The molecule has 0 atom stereocenters. The van der Waals surface area contributed by atoms with E-state index in [9.17, 15) is 0 Å². The van der Waals surface area contributed by atoms with Gasteiger partial charge in [0.25, 0.3) is 0 Å². The predicted octanol–water partition coefficient (Wildman–Crippen LogP) is 14.9. The van der Waals surface area contributed by atoms with E-state index in [1.54, 1.807) is 0 Å². The van der Waals surface area contributed by atoms with Gasteiger partial charge in [0.15, 0.2) is 0 Å². The second kappa shape index (κ2) is 13.1. The van der Waals surface area contributed by atoms with Crippen molar-refractivity contribution < 1.29 is 0 Å². The monoisotopic (exact) mass is 707 g/mol. The van der Waals surface area contributed by atoms with Crippen LogP contribution in [0.2, 0.25) is 0 Å². The van der Waals surface area contributed by atoms with Gasteiger partial charge in [-0.05, 0) is 120 Å². The van der Waals surface area contributed by atoms with Gasteiger partial charge in [0.2, 0.25) is 0 Å². The van der Waals surface area contributed by atoms with E-state index in [0.717, 1.165) is 28.2 Å². The van der Waals surface area contributed by atoms with Crippen LogP contribution in [0, 0.1) is 0 Å². The largest absolute Gasteiger partial charge is 0.310 e. The van der Waals surface area contributed by atoms with Crippen LogP contribution in [0.3, 0.4) is 0 Å². The summed E-state index contributed by atoms with van der Waals surface area (Å²) in [6.45, 7) is 17.5. The Balaban J connectivity index is 1.18. The van der Waals surface area contributed by atoms with Crippen molar-refractivity contribution in [1.82, 2.24) is 0 Å². The molecule has 0 bridgehead atoms. The van der Waals surface area contributed by atoms with Crippen LogP contribution >= 0.6 is 0 Å². The van der Waals surface area contributed by atoms with Crippen LogP contribution < -0.4 is 4.90 Å². The Morgan fingerprint density at radius 3 is 1.67 bits per heavy atom. The third-order valence-corrected chi connectivity index (χ3v) is 12.0. The standard InChI is InChI=1S/C54H45N/c1-7-16-36(8-2)38-23-27-41(28-24-38)55(42-29-25-39(26-30-42)37-17-11-9-12-18-37)43-31-32-45-46-34-47-51(35-50(46)54(5,6)49(45)33-43)53(3,4)48-22-15-21-44(52(47)48)40-19-13-10-14-20-40/h7-35H,1-2H2,3-6H3/b36-16+. The van der Waals surface area contributed by atoms with Gasteiger partial charge in [0, 0.05) is 27.9 Å². The molecular weight excluding hydrogens is 663 g/mol. The Labute approximate surface area is 326 Å². The first-order valence-electron chi connectivity index (χ1n) is 19.2. The minimum atomic E-state index is -0.191. The van der Waals surface area contributed by atoms with Gasteiger partial charge in [-0.2, -0.15) is 0 Å². The third-order valence-electron chi connectivity index (χ3n) is 12.0. The maximum atomic E-state index is 4.04. The van der Waals surface area contributed by atoms with Crippen molar-refractivity contribution in [2.75, 3.05) is 4.90 Å². The average Bonchev–Trinajstić information content (AvgIpc) is 3.59. The second-order valence-corrected chi connectivity index (χ2v) is 15.9. The predicted molar refractivity (Wildman–Crippen MR) is 235 cm³/mol. The van der Waals surface area contributed by atoms with Gasteiger partial charge < -0.3 is 4.90 Å². The lowest BCUT2D eigenvalue weighted by atomic mass is 9.77. The molecule has 0 saturated carbocycles. The zero-order chi connectivity index (χ0) is 37.9. The Kier molecular flexibility index (Phi) is 8.21. The molecule has 0 amide bonds. The summed E-state index contributed by atoms with van der Waals surface area (Å²) in [5.41, 5.74) is 21.1. The van der Waals surface area contributed by atoms with Gasteiger partial charge in [0.1, 0.15) is 0 Å². The molecule has 55 heavy (non-hydrogen) atoms. The summed E-state index contributed by atoms with van der Waals surface area (Å²) in [5.74, 6) is 0. The Bertz CT molecular complexity index is 2640. The SMILES string of the molecule is C=C/C=C(\C=C)c1ccc(N(c2ccc(-c3ccccc3)cc2)c2ccc3c(c2)C(C)(C)c2cc4c(cc2-3)-c2c(-c3ccccc3)cccc2C4(C)C)cc1. The van der Waals surface area contributed by atoms with Gasteiger partial charge in [-0.15, -0.1) is 0 Å². The summed E-state index contributed by atoms with van der Waals surface area (Å²) in [7, 11) is 0. The van der Waals surface area contributed by atoms with Crippen molar-refractivity contribution in [3.8, 4) is 44.5 Å². The number of hydrogen-bond acceptors (Lipinski definition) is 1. The molecule has 0 heterocycles. The summed E-state index contributed by atoms with van der Waals surface area (Å²) in [6, 6.07) is 58.1. The maximum absolute atomic E-state index is 4.04. The first-order chi connectivity index (χ1) is 26.7. The number of rotatable bonds is 8. The van der Waals surface area contributed by atoms with Crippen LogP contribution in [-0.2, 0) is 10.8 Å². The number of nitrogens with zero attached hydrogens (tertiary/aromatic N) is 1. The molecule has 0 fully saturated rings. The second-order valence-electron chi connectivity index (χ2n) is 15.9. The van der Waals surface area contributed by atoms with E-state index in [0.29, 0.717) is 0 Å². The summed E-state index contributed by atoms with van der Waals surface area (Å²) in [6.07, 6.45) is 5.70. The quantitative estimate of drug-likeness (QED) is 0.142. The zero-order valence-corrected chi connectivity index (χ0v) is 32.1. The van der Waals surface area contributed by atoms with E-state index in [1.165, 1.54) is 66.8 Å². The van der Waals surface area contributed by atoms with Gasteiger partial charge in [-0.1, -0.05) is 174 Å². The van der Waals surface area contributed by atoms with Gasteiger partial charge in [-0.25, -0.2) is 0 Å². The number of benzene rings is 7. The minimum absolute atomic E-state index is 0.109. The van der Waals surface area contributed by atoms with Crippen LogP contribution in [0.1, 0.15) is 55.5 Å². The van der Waals surface area contributed by atoms with E-state index in [1.807, 2.05) is 18.2 Å². The molecule has 7 aromatic carbocycles. The summed E-state index contributed by atoms with van der Waals surface area (Å²) in [5, 5.41) is 0. The van der Waals surface area contributed by atoms with Crippen molar-refractivity contribution in [2.45, 2.75) is 38.5 Å². The third kappa shape index (κ3) is 5.53. The highest BCUT2D eigenvalue weighted by atomic mass is 15.1. The Morgan fingerprint density at radius 1 is 0.455 bits per heavy atom. The molecule has 1 nitrogen and oxygen atoms in total. The van der Waals surface area contributed by atoms with Crippen molar-refractivity contribution in [2.24, 2.45) is 0 Å². The molecule has 0 radical (unpaired) electrons. The number of anilines is 3. The Morgan fingerprint density at radius 2 is 1.02 bits per heavy atom. The van der Waals surface area contributed by atoms with E-state index in [2.05, 4.69) is 203 Å². The van der Waals surface area contributed by atoms with Crippen LogP contribution in [0.4, 0.5) is 17.1 Å². The van der Waals surface area contributed by atoms with Gasteiger partial charge >= 0.3 is 0 Å². The molecule has 2 aliphatic rings. The highest BCUT2D eigenvalue weighted by molar-refractivity contribution is 5.97. The molecule has 0 spiro atoms. The summed E-state index contributed by atoms with van der Waals surface area (Å²) in [4.78, 5) is 2.38. The number of hydrogen-bond donors (Lipinski definition) is 0. The molecule has 7 aromatic rings.